The van der Waals surface area contributed by atoms with Gasteiger partial charge in [0.1, 0.15) is 5.75 Å². The predicted molar refractivity (Wildman–Crippen MR) is 77.6 cm³/mol. The summed E-state index contributed by atoms with van der Waals surface area (Å²) in [5.41, 5.74) is 1.43. The van der Waals surface area contributed by atoms with Gasteiger partial charge in [0.05, 0.1) is 28.3 Å². The third kappa shape index (κ3) is 1.70. The topological polar surface area (TPSA) is 46.6 Å². The minimum absolute atomic E-state index is 0.303. The number of para-hydroxylation sites is 1. The predicted octanol–water partition coefficient (Wildman–Crippen LogP) is 3.00. The summed E-state index contributed by atoms with van der Waals surface area (Å²) in [7, 11) is -1.97. The first-order valence-corrected chi connectivity index (χ1v) is 7.87. The van der Waals surface area contributed by atoms with Gasteiger partial charge in [-0.1, -0.05) is 12.1 Å². The van der Waals surface area contributed by atoms with E-state index in [1.165, 1.54) is 7.11 Å². The first-order valence-electron chi connectivity index (χ1n) is 6.39. The molecule has 0 unspecified atom stereocenters. The largest absolute Gasteiger partial charge is 0.497 e. The van der Waals surface area contributed by atoms with Crippen LogP contribution in [0.5, 0.6) is 5.75 Å². The molecule has 1 aliphatic rings. The van der Waals surface area contributed by atoms with Crippen LogP contribution in [0.25, 0.3) is 0 Å². The quantitative estimate of drug-likeness (QED) is 0.852. The SMILES string of the molecule is CCN1c2ccccc2S(=O)(=O)c2cc(OC)ccc21. The van der Waals surface area contributed by atoms with Crippen LogP contribution in [-0.2, 0) is 9.84 Å². The van der Waals surface area contributed by atoms with Crippen LogP contribution in [0.1, 0.15) is 6.92 Å². The van der Waals surface area contributed by atoms with Gasteiger partial charge in [0, 0.05) is 12.6 Å². The fourth-order valence-corrected chi connectivity index (χ4v) is 4.23. The molecule has 0 bridgehead atoms. The van der Waals surface area contributed by atoms with E-state index in [0.29, 0.717) is 27.8 Å². The molecule has 104 valence electrons. The molecule has 0 radical (unpaired) electrons. The van der Waals surface area contributed by atoms with Crippen LogP contribution in [0, 0.1) is 0 Å². The second kappa shape index (κ2) is 4.52. The van der Waals surface area contributed by atoms with Gasteiger partial charge in [-0.2, -0.15) is 0 Å². The Balaban J connectivity index is 2.35. The number of methoxy groups -OCH3 is 1. The summed E-state index contributed by atoms with van der Waals surface area (Å²) in [5.74, 6) is 0.544. The molecule has 5 heteroatoms. The van der Waals surface area contributed by atoms with Gasteiger partial charge < -0.3 is 9.64 Å². The highest BCUT2D eigenvalue weighted by Crippen LogP contribution is 2.44. The molecule has 20 heavy (non-hydrogen) atoms. The number of nitrogens with zero attached hydrogens (tertiary/aromatic N) is 1. The Bertz CT molecular complexity index is 768. The summed E-state index contributed by atoms with van der Waals surface area (Å²) < 4.78 is 30.6. The summed E-state index contributed by atoms with van der Waals surface area (Å²) in [4.78, 5) is 2.66. The molecule has 1 heterocycles. The van der Waals surface area contributed by atoms with Crippen molar-refractivity contribution in [2.75, 3.05) is 18.6 Å². The number of hydrogen-bond acceptors (Lipinski definition) is 4. The lowest BCUT2D eigenvalue weighted by Gasteiger charge is -2.32. The number of hydrogen-bond donors (Lipinski definition) is 0. The highest BCUT2D eigenvalue weighted by atomic mass is 32.2. The maximum atomic E-state index is 12.7. The Hall–Kier alpha value is -2.01. The van der Waals surface area contributed by atoms with E-state index >= 15 is 0 Å². The Kier molecular flexibility index (Phi) is 2.94. The van der Waals surface area contributed by atoms with Gasteiger partial charge in [0.25, 0.3) is 0 Å². The number of sulfone groups is 1. The molecule has 2 aromatic carbocycles. The van der Waals surface area contributed by atoms with Crippen molar-refractivity contribution < 1.29 is 13.2 Å². The molecule has 3 rings (SSSR count). The van der Waals surface area contributed by atoms with Crippen LogP contribution < -0.4 is 9.64 Å². The standard InChI is InChI=1S/C15H15NO3S/c1-3-16-12-6-4-5-7-14(12)20(17,18)15-10-11(19-2)8-9-13(15)16/h4-10H,3H2,1-2H3. The fourth-order valence-electron chi connectivity index (χ4n) is 2.56. The van der Waals surface area contributed by atoms with Crippen molar-refractivity contribution >= 4 is 21.2 Å². The minimum atomic E-state index is -3.50. The molecular formula is C15H15NO3S. The summed E-state index contributed by atoms with van der Waals surface area (Å²) >= 11 is 0. The van der Waals surface area contributed by atoms with Gasteiger partial charge in [0.15, 0.2) is 0 Å². The number of fused-ring (bicyclic) bond motifs is 2. The Labute approximate surface area is 118 Å². The minimum Gasteiger partial charge on any atom is -0.497 e. The molecule has 4 nitrogen and oxygen atoms in total. The lowest BCUT2D eigenvalue weighted by atomic mass is 10.2. The van der Waals surface area contributed by atoms with Crippen LogP contribution in [-0.4, -0.2) is 22.1 Å². The van der Waals surface area contributed by atoms with E-state index in [0.717, 1.165) is 5.69 Å². The van der Waals surface area contributed by atoms with Crippen molar-refractivity contribution in [2.24, 2.45) is 0 Å². The molecule has 0 saturated heterocycles. The average molecular weight is 289 g/mol. The summed E-state index contributed by atoms with van der Waals surface area (Å²) in [6.07, 6.45) is 0. The summed E-state index contributed by atoms with van der Waals surface area (Å²) in [6.45, 7) is 2.70. The highest BCUT2D eigenvalue weighted by molar-refractivity contribution is 7.92. The maximum Gasteiger partial charge on any atom is 0.210 e. The highest BCUT2D eigenvalue weighted by Gasteiger charge is 2.33. The van der Waals surface area contributed by atoms with Crippen molar-refractivity contribution in [3.05, 3.63) is 42.5 Å². The first kappa shape index (κ1) is 13.0. The van der Waals surface area contributed by atoms with Gasteiger partial charge in [-0.3, -0.25) is 0 Å². The van der Waals surface area contributed by atoms with Gasteiger partial charge in [-0.25, -0.2) is 8.42 Å². The molecule has 0 aliphatic carbocycles. The monoisotopic (exact) mass is 289 g/mol. The maximum absolute atomic E-state index is 12.7. The van der Waals surface area contributed by atoms with Crippen molar-refractivity contribution in [1.82, 2.24) is 0 Å². The zero-order chi connectivity index (χ0) is 14.3. The van der Waals surface area contributed by atoms with Gasteiger partial charge in [-0.05, 0) is 31.2 Å². The lowest BCUT2D eigenvalue weighted by Crippen LogP contribution is -2.25. The van der Waals surface area contributed by atoms with Crippen LogP contribution in [0.2, 0.25) is 0 Å². The molecule has 0 amide bonds. The van der Waals surface area contributed by atoms with E-state index < -0.39 is 9.84 Å². The Morgan fingerprint density at radius 2 is 1.75 bits per heavy atom. The van der Waals surface area contributed by atoms with Crippen LogP contribution >= 0.6 is 0 Å². The molecule has 0 atom stereocenters. The third-order valence-corrected chi connectivity index (χ3v) is 5.34. The molecule has 2 aromatic rings. The lowest BCUT2D eigenvalue weighted by molar-refractivity contribution is 0.413. The number of anilines is 2. The molecule has 0 saturated carbocycles. The molecular weight excluding hydrogens is 274 g/mol. The number of benzene rings is 2. The van der Waals surface area contributed by atoms with Crippen molar-refractivity contribution in [3.63, 3.8) is 0 Å². The second-order valence-electron chi connectivity index (χ2n) is 4.55. The van der Waals surface area contributed by atoms with Crippen molar-refractivity contribution in [3.8, 4) is 5.75 Å². The van der Waals surface area contributed by atoms with Crippen molar-refractivity contribution in [2.45, 2.75) is 16.7 Å². The average Bonchev–Trinajstić information content (AvgIpc) is 2.48. The van der Waals surface area contributed by atoms with E-state index in [2.05, 4.69) is 0 Å². The normalized spacial score (nSPS) is 15.4. The van der Waals surface area contributed by atoms with E-state index in [9.17, 15) is 8.42 Å². The van der Waals surface area contributed by atoms with Crippen molar-refractivity contribution in [1.29, 1.82) is 0 Å². The number of rotatable bonds is 2. The Morgan fingerprint density at radius 3 is 2.45 bits per heavy atom. The molecule has 0 aromatic heterocycles. The smallest absolute Gasteiger partial charge is 0.210 e. The van der Waals surface area contributed by atoms with Gasteiger partial charge in [-0.15, -0.1) is 0 Å². The Morgan fingerprint density at radius 1 is 1.05 bits per heavy atom. The van der Waals surface area contributed by atoms with E-state index in [1.54, 1.807) is 30.3 Å². The fraction of sp³-hybridized carbons (Fsp3) is 0.200. The number of ether oxygens (including phenoxy) is 1. The zero-order valence-electron chi connectivity index (χ0n) is 11.3. The van der Waals surface area contributed by atoms with E-state index in [-0.39, 0.29) is 0 Å². The molecule has 0 fully saturated rings. The van der Waals surface area contributed by atoms with Crippen LogP contribution in [0.4, 0.5) is 11.4 Å². The third-order valence-electron chi connectivity index (χ3n) is 3.51. The van der Waals surface area contributed by atoms with Crippen LogP contribution in [0.15, 0.2) is 52.3 Å². The zero-order valence-corrected chi connectivity index (χ0v) is 12.1. The first-order chi connectivity index (χ1) is 9.59. The van der Waals surface area contributed by atoms with E-state index in [1.807, 2.05) is 24.0 Å². The molecule has 0 N–H and O–H groups in total. The van der Waals surface area contributed by atoms with E-state index in [4.69, 9.17) is 4.74 Å². The second-order valence-corrected chi connectivity index (χ2v) is 6.44. The van der Waals surface area contributed by atoms with Gasteiger partial charge in [0.2, 0.25) is 9.84 Å². The summed E-state index contributed by atoms with van der Waals surface area (Å²) in [5, 5.41) is 0. The molecule has 0 spiro atoms. The van der Waals surface area contributed by atoms with Crippen LogP contribution in [0.3, 0.4) is 0 Å². The summed E-state index contributed by atoms with van der Waals surface area (Å²) in [6, 6.07) is 12.2. The molecule has 1 aliphatic heterocycles. The van der Waals surface area contributed by atoms with Gasteiger partial charge >= 0.3 is 0 Å².